The van der Waals surface area contributed by atoms with Gasteiger partial charge in [-0.2, -0.15) is 0 Å². The van der Waals surface area contributed by atoms with E-state index in [9.17, 15) is 4.57 Å². The lowest BCUT2D eigenvalue weighted by molar-refractivity contribution is 0.332. The lowest BCUT2D eigenvalue weighted by Gasteiger charge is -1.82. The molecule has 3 nitrogen and oxygen atoms in total. The van der Waals surface area contributed by atoms with Crippen molar-refractivity contribution in [3.63, 3.8) is 0 Å². The average Bonchev–Trinajstić information content (AvgIpc) is 1.65. The molecule has 2 N–H and O–H groups in total. The molecule has 0 amide bonds. The largest absolute Gasteiger partial charge is 0.385 e. The van der Waals surface area contributed by atoms with E-state index in [1.807, 2.05) is 0 Å². The zero-order chi connectivity index (χ0) is 4.99. The lowest BCUT2D eigenvalue weighted by Crippen LogP contribution is -1.75. The monoisotopic (exact) mass is 109 g/mol. The van der Waals surface area contributed by atoms with Crippen LogP contribution in [0.2, 0.25) is 0 Å². The molecule has 1 radical (unpaired) electrons. The smallest absolute Gasteiger partial charge is 0.124 e. The first kappa shape index (κ1) is 6.02. The summed E-state index contributed by atoms with van der Waals surface area (Å²) >= 11 is 0. The van der Waals surface area contributed by atoms with E-state index >= 15 is 0 Å². The van der Waals surface area contributed by atoms with Gasteiger partial charge < -0.3 is 10.2 Å². The van der Waals surface area contributed by atoms with E-state index in [-0.39, 0.29) is 0 Å². The summed E-state index contributed by atoms with van der Waals surface area (Å²) in [4.78, 5) is 0. The first-order chi connectivity index (χ1) is 2.81. The quantitative estimate of drug-likeness (QED) is 0.479. The standard InChI is InChI=1S/C2H6O3P/c3-1-6(5)2-4/h3-4H,1-2H2. The van der Waals surface area contributed by atoms with Gasteiger partial charge in [-0.15, -0.1) is 0 Å². The molecule has 0 saturated carbocycles. The molecule has 37 valence electrons. The summed E-state index contributed by atoms with van der Waals surface area (Å²) in [5.74, 6) is 0. The highest BCUT2D eigenvalue weighted by atomic mass is 31.1. The first-order valence-electron chi connectivity index (χ1n) is 1.45. The van der Waals surface area contributed by atoms with Gasteiger partial charge >= 0.3 is 0 Å². The molecule has 0 atom stereocenters. The van der Waals surface area contributed by atoms with Crippen molar-refractivity contribution in [1.29, 1.82) is 0 Å². The summed E-state index contributed by atoms with van der Waals surface area (Å²) in [7, 11) is -1.72. The fourth-order valence-corrected chi connectivity index (χ4v) is 0.134. The molecule has 0 aliphatic heterocycles. The van der Waals surface area contributed by atoms with Crippen molar-refractivity contribution >= 4 is 7.80 Å². The minimum atomic E-state index is -1.72. The van der Waals surface area contributed by atoms with Crippen LogP contribution >= 0.6 is 7.80 Å². The third kappa shape index (κ3) is 2.27. The van der Waals surface area contributed by atoms with Gasteiger partial charge in [-0.3, -0.25) is 4.57 Å². The van der Waals surface area contributed by atoms with Gasteiger partial charge in [-0.1, -0.05) is 0 Å². The Bertz CT molecular complexity index is 46.8. The maximum absolute atomic E-state index is 9.83. The van der Waals surface area contributed by atoms with Gasteiger partial charge in [0.15, 0.2) is 0 Å². The van der Waals surface area contributed by atoms with Gasteiger partial charge in [-0.05, 0) is 0 Å². The van der Waals surface area contributed by atoms with E-state index in [1.54, 1.807) is 0 Å². The molecule has 0 aliphatic rings. The van der Waals surface area contributed by atoms with Gasteiger partial charge in [0.25, 0.3) is 0 Å². The van der Waals surface area contributed by atoms with Crippen molar-refractivity contribution in [2.75, 3.05) is 12.7 Å². The summed E-state index contributed by atoms with van der Waals surface area (Å²) in [6.07, 6.45) is -0.822. The second kappa shape index (κ2) is 3.22. The van der Waals surface area contributed by atoms with Gasteiger partial charge in [0.05, 0.1) is 0 Å². The molecule has 0 heterocycles. The molecule has 0 aromatic rings. The van der Waals surface area contributed by atoms with Gasteiger partial charge in [0.1, 0.15) is 20.5 Å². The first-order valence-corrected chi connectivity index (χ1v) is 3.08. The Labute approximate surface area is 36.4 Å². The van der Waals surface area contributed by atoms with E-state index in [0.717, 1.165) is 0 Å². The number of rotatable bonds is 2. The summed E-state index contributed by atoms with van der Waals surface area (Å²) in [5, 5.41) is 15.8. The molecular formula is C2H6O3P. The highest BCUT2D eigenvalue weighted by molar-refractivity contribution is 7.44. The minimum Gasteiger partial charge on any atom is -0.385 e. The van der Waals surface area contributed by atoms with Crippen molar-refractivity contribution < 1.29 is 14.8 Å². The molecule has 4 heteroatoms. The lowest BCUT2D eigenvalue weighted by atomic mass is 11.7. The summed E-state index contributed by atoms with van der Waals surface area (Å²) < 4.78 is 9.83. The molecule has 0 unspecified atom stereocenters. The average molecular weight is 109 g/mol. The Balaban J connectivity index is 2.99. The molecule has 0 spiro atoms. The predicted molar refractivity (Wildman–Crippen MR) is 21.8 cm³/mol. The van der Waals surface area contributed by atoms with Crippen molar-refractivity contribution in [3.8, 4) is 0 Å². The molecule has 0 aliphatic carbocycles. The highest BCUT2D eigenvalue weighted by Gasteiger charge is 1.88. The molecule has 0 rings (SSSR count). The van der Waals surface area contributed by atoms with E-state index in [1.165, 1.54) is 0 Å². The SMILES string of the molecule is O=[P](CO)CO. The van der Waals surface area contributed by atoms with Crippen molar-refractivity contribution in [2.45, 2.75) is 0 Å². The Kier molecular flexibility index (Phi) is 3.23. The van der Waals surface area contributed by atoms with E-state index in [0.29, 0.717) is 0 Å². The third-order valence-electron chi connectivity index (χ3n) is 0.315. The minimum absolute atomic E-state index is 0.411. The van der Waals surface area contributed by atoms with Gasteiger partial charge in [0.2, 0.25) is 0 Å². The van der Waals surface area contributed by atoms with Crippen molar-refractivity contribution in [3.05, 3.63) is 0 Å². The Morgan fingerprint density at radius 3 is 1.67 bits per heavy atom. The van der Waals surface area contributed by atoms with Crippen molar-refractivity contribution in [2.24, 2.45) is 0 Å². The van der Waals surface area contributed by atoms with Crippen LogP contribution in [0, 0.1) is 0 Å². The number of hydrogen-bond donors (Lipinski definition) is 2. The molecule has 0 saturated heterocycles. The molecule has 6 heavy (non-hydrogen) atoms. The van der Waals surface area contributed by atoms with E-state index < -0.39 is 20.5 Å². The van der Waals surface area contributed by atoms with Crippen LogP contribution in [0.25, 0.3) is 0 Å². The van der Waals surface area contributed by atoms with Crippen LogP contribution in [0.4, 0.5) is 0 Å². The molecule has 0 bridgehead atoms. The van der Waals surface area contributed by atoms with Crippen molar-refractivity contribution in [1.82, 2.24) is 0 Å². The van der Waals surface area contributed by atoms with Crippen LogP contribution in [0.15, 0.2) is 0 Å². The summed E-state index contributed by atoms with van der Waals surface area (Å²) in [5.41, 5.74) is 0. The fraction of sp³-hybridized carbons (Fsp3) is 1.00. The zero-order valence-corrected chi connectivity index (χ0v) is 4.06. The maximum Gasteiger partial charge on any atom is 0.124 e. The third-order valence-corrected chi connectivity index (χ3v) is 0.946. The van der Waals surface area contributed by atoms with Gasteiger partial charge in [0, 0.05) is 0 Å². The van der Waals surface area contributed by atoms with Crippen LogP contribution < -0.4 is 0 Å². The van der Waals surface area contributed by atoms with Crippen LogP contribution in [-0.2, 0) is 4.57 Å². The summed E-state index contributed by atoms with van der Waals surface area (Å²) in [6, 6.07) is 0. The maximum atomic E-state index is 9.83. The van der Waals surface area contributed by atoms with Gasteiger partial charge in [-0.25, -0.2) is 0 Å². The normalized spacial score (nSPS) is 8.33. The van der Waals surface area contributed by atoms with E-state index in [4.69, 9.17) is 10.2 Å². The van der Waals surface area contributed by atoms with E-state index in [2.05, 4.69) is 0 Å². The fourth-order valence-electron chi connectivity index (χ4n) is 0.0447. The van der Waals surface area contributed by atoms with Crippen LogP contribution in [0.1, 0.15) is 0 Å². The number of aliphatic hydroxyl groups is 2. The van der Waals surface area contributed by atoms with Crippen LogP contribution in [-0.4, -0.2) is 22.9 Å². The second-order valence-electron chi connectivity index (χ2n) is 0.765. The Morgan fingerprint density at radius 1 is 1.33 bits per heavy atom. The summed E-state index contributed by atoms with van der Waals surface area (Å²) in [6.45, 7) is 0. The topological polar surface area (TPSA) is 57.5 Å². The molecule has 0 aromatic heterocycles. The van der Waals surface area contributed by atoms with Crippen LogP contribution in [0.5, 0.6) is 0 Å². The zero-order valence-electron chi connectivity index (χ0n) is 3.16. The highest BCUT2D eigenvalue weighted by Crippen LogP contribution is 2.13. The number of hydrogen-bond acceptors (Lipinski definition) is 3. The second-order valence-corrected chi connectivity index (χ2v) is 2.29. The van der Waals surface area contributed by atoms with Crippen LogP contribution in [0.3, 0.4) is 0 Å². The Hall–Kier alpha value is 0.0200. The molecule has 0 fully saturated rings. The molecular weight excluding hydrogens is 103 g/mol. The number of aliphatic hydroxyl groups excluding tert-OH is 2. The molecule has 0 aromatic carbocycles. The predicted octanol–water partition coefficient (Wildman–Crippen LogP) is -0.287. The Morgan fingerprint density at radius 2 is 1.67 bits per heavy atom.